The molecule has 1 aromatic heterocycles. The molecule has 0 fully saturated rings. The van der Waals surface area contributed by atoms with Crippen LogP contribution in [-0.4, -0.2) is 9.97 Å². The molecule has 0 spiro atoms. The molecule has 82 valence electrons. The zero-order valence-electron chi connectivity index (χ0n) is 8.74. The summed E-state index contributed by atoms with van der Waals surface area (Å²) in [6.45, 7) is 1.95. The molecule has 2 rings (SSSR count). The molecule has 1 heterocycles. The smallest absolute Gasteiger partial charge is 0.148 e. The maximum absolute atomic E-state index is 6.08. The van der Waals surface area contributed by atoms with Crippen LogP contribution in [0.5, 0.6) is 0 Å². The average molecular weight is 235 g/mol. The Bertz CT molecular complexity index is 499. The van der Waals surface area contributed by atoms with Gasteiger partial charge in [0.25, 0.3) is 0 Å². The zero-order chi connectivity index (χ0) is 11.5. The third kappa shape index (κ3) is 2.23. The molecule has 0 saturated carbocycles. The van der Waals surface area contributed by atoms with Gasteiger partial charge in [-0.2, -0.15) is 0 Å². The molecule has 3 N–H and O–H groups in total. The van der Waals surface area contributed by atoms with Crippen LogP contribution in [0.3, 0.4) is 0 Å². The number of hydrogen-bond donors (Lipinski definition) is 2. The van der Waals surface area contributed by atoms with E-state index in [-0.39, 0.29) is 0 Å². The number of benzene rings is 1. The van der Waals surface area contributed by atoms with Crippen molar-refractivity contribution in [2.75, 3.05) is 11.1 Å². The van der Waals surface area contributed by atoms with Crippen molar-refractivity contribution >= 4 is 28.8 Å². The van der Waals surface area contributed by atoms with E-state index in [1.807, 2.05) is 19.1 Å². The lowest BCUT2D eigenvalue weighted by atomic mass is 10.2. The number of aromatic nitrogens is 2. The Labute approximate surface area is 98.5 Å². The molecule has 1 aromatic carbocycles. The number of halogens is 1. The predicted octanol–water partition coefficient (Wildman–Crippen LogP) is 2.76. The molecule has 4 nitrogen and oxygen atoms in total. The van der Waals surface area contributed by atoms with E-state index in [9.17, 15) is 0 Å². The minimum Gasteiger partial charge on any atom is -0.397 e. The highest BCUT2D eigenvalue weighted by Crippen LogP contribution is 2.31. The van der Waals surface area contributed by atoms with Gasteiger partial charge in [-0.25, -0.2) is 4.98 Å². The molecule has 0 saturated heterocycles. The summed E-state index contributed by atoms with van der Waals surface area (Å²) in [6, 6.07) is 3.73. The van der Waals surface area contributed by atoms with E-state index < -0.39 is 0 Å². The zero-order valence-corrected chi connectivity index (χ0v) is 9.49. The summed E-state index contributed by atoms with van der Waals surface area (Å²) in [5.74, 6) is 0.634. The minimum atomic E-state index is 0.497. The summed E-state index contributed by atoms with van der Waals surface area (Å²) in [5.41, 5.74) is 8.09. The minimum absolute atomic E-state index is 0.497. The van der Waals surface area contributed by atoms with Gasteiger partial charge in [-0.3, -0.25) is 4.98 Å². The highest BCUT2D eigenvalue weighted by Gasteiger charge is 2.05. The first kappa shape index (κ1) is 10.7. The van der Waals surface area contributed by atoms with Crippen LogP contribution >= 0.6 is 11.6 Å². The highest BCUT2D eigenvalue weighted by atomic mass is 35.5. The largest absolute Gasteiger partial charge is 0.397 e. The molecular formula is C11H11ClN4. The Morgan fingerprint density at radius 2 is 2.12 bits per heavy atom. The summed E-state index contributed by atoms with van der Waals surface area (Å²) in [4.78, 5) is 8.06. The van der Waals surface area contributed by atoms with Crippen LogP contribution < -0.4 is 11.1 Å². The summed E-state index contributed by atoms with van der Waals surface area (Å²) in [6.07, 6.45) is 4.83. The third-order valence-corrected chi connectivity index (χ3v) is 2.49. The molecule has 16 heavy (non-hydrogen) atoms. The molecular weight excluding hydrogens is 224 g/mol. The molecule has 0 aliphatic rings. The first-order valence-corrected chi connectivity index (χ1v) is 5.13. The molecule has 0 amide bonds. The van der Waals surface area contributed by atoms with E-state index in [1.165, 1.54) is 0 Å². The standard InChI is InChI=1S/C11H11ClN4/c1-7-4-8(13)11(12)9(5-7)16-10-6-14-2-3-15-10/h2-6H,13H2,1H3,(H,15,16). The van der Waals surface area contributed by atoms with E-state index in [1.54, 1.807) is 18.6 Å². The Morgan fingerprint density at radius 3 is 2.81 bits per heavy atom. The molecule has 5 heteroatoms. The van der Waals surface area contributed by atoms with Crippen LogP contribution in [0.25, 0.3) is 0 Å². The predicted molar refractivity (Wildman–Crippen MR) is 65.9 cm³/mol. The van der Waals surface area contributed by atoms with E-state index in [2.05, 4.69) is 15.3 Å². The first-order valence-electron chi connectivity index (χ1n) is 4.75. The molecule has 0 radical (unpaired) electrons. The van der Waals surface area contributed by atoms with Gasteiger partial charge < -0.3 is 11.1 Å². The first-order chi connectivity index (χ1) is 7.66. The molecule has 0 bridgehead atoms. The monoisotopic (exact) mass is 234 g/mol. The lowest BCUT2D eigenvalue weighted by Crippen LogP contribution is -1.97. The van der Waals surface area contributed by atoms with Gasteiger partial charge in [0.1, 0.15) is 5.82 Å². The van der Waals surface area contributed by atoms with Crippen molar-refractivity contribution in [3.05, 3.63) is 41.3 Å². The molecule has 0 aliphatic heterocycles. The van der Waals surface area contributed by atoms with Crippen molar-refractivity contribution in [2.45, 2.75) is 6.92 Å². The third-order valence-electron chi connectivity index (χ3n) is 2.07. The van der Waals surface area contributed by atoms with Gasteiger partial charge in [0.05, 0.1) is 22.6 Å². The number of anilines is 3. The van der Waals surface area contributed by atoms with Gasteiger partial charge in [-0.05, 0) is 24.6 Å². The maximum Gasteiger partial charge on any atom is 0.148 e. The van der Waals surface area contributed by atoms with E-state index in [4.69, 9.17) is 17.3 Å². The lowest BCUT2D eigenvalue weighted by Gasteiger charge is -2.10. The number of hydrogen-bond acceptors (Lipinski definition) is 4. The molecule has 0 unspecified atom stereocenters. The molecule has 2 aromatic rings. The van der Waals surface area contributed by atoms with Crippen molar-refractivity contribution in [1.29, 1.82) is 0 Å². The number of nitrogens with two attached hydrogens (primary N) is 1. The number of aryl methyl sites for hydroxylation is 1. The van der Waals surface area contributed by atoms with Gasteiger partial charge in [0.2, 0.25) is 0 Å². The van der Waals surface area contributed by atoms with Crippen molar-refractivity contribution in [2.24, 2.45) is 0 Å². The summed E-state index contributed by atoms with van der Waals surface area (Å²) >= 11 is 6.08. The van der Waals surface area contributed by atoms with E-state index in [0.717, 1.165) is 11.3 Å². The van der Waals surface area contributed by atoms with Crippen molar-refractivity contribution < 1.29 is 0 Å². The van der Waals surface area contributed by atoms with Crippen LogP contribution in [0.2, 0.25) is 5.02 Å². The fourth-order valence-electron chi connectivity index (χ4n) is 1.39. The van der Waals surface area contributed by atoms with Crippen molar-refractivity contribution in [3.8, 4) is 0 Å². The topological polar surface area (TPSA) is 63.8 Å². The second-order valence-corrected chi connectivity index (χ2v) is 3.81. The van der Waals surface area contributed by atoms with Crippen LogP contribution in [0.15, 0.2) is 30.7 Å². The number of nitrogens with zero attached hydrogens (tertiary/aromatic N) is 2. The van der Waals surface area contributed by atoms with Crippen LogP contribution in [0.4, 0.5) is 17.2 Å². The Hall–Kier alpha value is -1.81. The Kier molecular flexibility index (Phi) is 2.92. The maximum atomic E-state index is 6.08. The van der Waals surface area contributed by atoms with Gasteiger partial charge in [0.15, 0.2) is 0 Å². The number of rotatable bonds is 2. The van der Waals surface area contributed by atoms with Crippen LogP contribution in [-0.2, 0) is 0 Å². The average Bonchev–Trinajstić information content (AvgIpc) is 2.27. The fourth-order valence-corrected chi connectivity index (χ4v) is 1.55. The fraction of sp³-hybridized carbons (Fsp3) is 0.0909. The van der Waals surface area contributed by atoms with E-state index >= 15 is 0 Å². The second kappa shape index (κ2) is 4.37. The normalized spacial score (nSPS) is 10.1. The molecule has 0 atom stereocenters. The van der Waals surface area contributed by atoms with Crippen LogP contribution in [0.1, 0.15) is 5.56 Å². The van der Waals surface area contributed by atoms with Crippen molar-refractivity contribution in [1.82, 2.24) is 9.97 Å². The number of nitrogen functional groups attached to an aromatic ring is 1. The Morgan fingerprint density at radius 1 is 1.31 bits per heavy atom. The highest BCUT2D eigenvalue weighted by molar-refractivity contribution is 6.35. The lowest BCUT2D eigenvalue weighted by molar-refractivity contribution is 1.20. The SMILES string of the molecule is Cc1cc(N)c(Cl)c(Nc2cnccn2)c1. The number of nitrogens with one attached hydrogen (secondary N) is 1. The van der Waals surface area contributed by atoms with Gasteiger partial charge >= 0.3 is 0 Å². The summed E-state index contributed by atoms with van der Waals surface area (Å²) in [5, 5.41) is 3.56. The van der Waals surface area contributed by atoms with Crippen LogP contribution in [0, 0.1) is 6.92 Å². The van der Waals surface area contributed by atoms with Crippen molar-refractivity contribution in [3.63, 3.8) is 0 Å². The van der Waals surface area contributed by atoms with Gasteiger partial charge in [-0.15, -0.1) is 0 Å². The van der Waals surface area contributed by atoms with Gasteiger partial charge in [0, 0.05) is 12.4 Å². The summed E-state index contributed by atoms with van der Waals surface area (Å²) in [7, 11) is 0. The summed E-state index contributed by atoms with van der Waals surface area (Å²) < 4.78 is 0. The van der Waals surface area contributed by atoms with Gasteiger partial charge in [-0.1, -0.05) is 11.6 Å². The van der Waals surface area contributed by atoms with E-state index in [0.29, 0.717) is 16.5 Å². The molecule has 0 aliphatic carbocycles. The second-order valence-electron chi connectivity index (χ2n) is 3.43. The quantitative estimate of drug-likeness (QED) is 0.785. The Balaban J connectivity index is 2.35.